The summed E-state index contributed by atoms with van der Waals surface area (Å²) in [7, 11) is -3.56. The highest BCUT2D eigenvalue weighted by Gasteiger charge is 2.41. The van der Waals surface area contributed by atoms with Crippen molar-refractivity contribution in [3.05, 3.63) is 72.3 Å². The number of hydrogen-bond donors (Lipinski definition) is 0. The average molecular weight is 313 g/mol. The monoisotopic (exact) mass is 313 g/mol. The molecule has 0 radical (unpaired) electrons. The fourth-order valence-corrected chi connectivity index (χ4v) is 4.46. The van der Waals surface area contributed by atoms with E-state index in [1.54, 1.807) is 12.1 Å². The van der Waals surface area contributed by atoms with Gasteiger partial charge in [0, 0.05) is 12.0 Å². The van der Waals surface area contributed by atoms with Gasteiger partial charge in [-0.1, -0.05) is 48.9 Å². The SMILES string of the molecule is C=CC1(C)CN(S(=O)(=O)c2ccc(C)cc2)c2ccccc21. The summed E-state index contributed by atoms with van der Waals surface area (Å²) in [4.78, 5) is 0.321. The molecule has 3 rings (SSSR count). The van der Waals surface area contributed by atoms with Crippen LogP contribution in [0.25, 0.3) is 0 Å². The van der Waals surface area contributed by atoms with E-state index in [0.29, 0.717) is 11.4 Å². The minimum absolute atomic E-state index is 0.321. The van der Waals surface area contributed by atoms with Crippen LogP contribution < -0.4 is 4.31 Å². The second-order valence-electron chi connectivity index (χ2n) is 5.96. The maximum Gasteiger partial charge on any atom is 0.264 e. The third-order valence-electron chi connectivity index (χ3n) is 4.32. The van der Waals surface area contributed by atoms with E-state index in [0.717, 1.165) is 16.8 Å². The zero-order valence-corrected chi connectivity index (χ0v) is 13.6. The van der Waals surface area contributed by atoms with E-state index in [9.17, 15) is 8.42 Å². The Morgan fingerprint density at radius 2 is 1.77 bits per heavy atom. The number of aryl methyl sites for hydroxylation is 1. The summed E-state index contributed by atoms with van der Waals surface area (Å²) in [6.07, 6.45) is 1.83. The number of sulfonamides is 1. The Morgan fingerprint density at radius 1 is 1.14 bits per heavy atom. The number of rotatable bonds is 3. The minimum atomic E-state index is -3.56. The number of anilines is 1. The lowest BCUT2D eigenvalue weighted by Crippen LogP contribution is -2.34. The normalized spacial score (nSPS) is 20.7. The third-order valence-corrected chi connectivity index (χ3v) is 6.09. The summed E-state index contributed by atoms with van der Waals surface area (Å²) >= 11 is 0. The molecule has 0 bridgehead atoms. The van der Waals surface area contributed by atoms with Crippen molar-refractivity contribution in [3.63, 3.8) is 0 Å². The molecule has 0 aromatic heterocycles. The van der Waals surface area contributed by atoms with Crippen LogP contribution in [0.5, 0.6) is 0 Å². The number of fused-ring (bicyclic) bond motifs is 1. The Hall–Kier alpha value is -2.07. The molecule has 0 N–H and O–H groups in total. The average Bonchev–Trinajstić information content (AvgIpc) is 2.83. The molecule has 2 aromatic carbocycles. The van der Waals surface area contributed by atoms with Gasteiger partial charge in [-0.15, -0.1) is 6.58 Å². The predicted molar refractivity (Wildman–Crippen MR) is 89.7 cm³/mol. The molecule has 1 atom stereocenters. The number of nitrogens with zero attached hydrogens (tertiary/aromatic N) is 1. The van der Waals surface area contributed by atoms with Gasteiger partial charge in [0.2, 0.25) is 0 Å². The van der Waals surface area contributed by atoms with Gasteiger partial charge >= 0.3 is 0 Å². The van der Waals surface area contributed by atoms with Crippen molar-refractivity contribution in [2.75, 3.05) is 10.8 Å². The molecule has 1 unspecified atom stereocenters. The highest BCUT2D eigenvalue weighted by Crippen LogP contribution is 2.43. The summed E-state index contributed by atoms with van der Waals surface area (Å²) in [6, 6.07) is 14.6. The van der Waals surface area contributed by atoms with E-state index in [2.05, 4.69) is 6.58 Å². The highest BCUT2D eigenvalue weighted by atomic mass is 32.2. The Kier molecular flexibility index (Phi) is 3.37. The van der Waals surface area contributed by atoms with E-state index in [4.69, 9.17) is 0 Å². The lowest BCUT2D eigenvalue weighted by Gasteiger charge is -2.23. The van der Waals surface area contributed by atoms with Crippen LogP contribution in [-0.2, 0) is 15.4 Å². The summed E-state index contributed by atoms with van der Waals surface area (Å²) in [5.74, 6) is 0. The first-order chi connectivity index (χ1) is 10.4. The molecule has 2 aromatic rings. The summed E-state index contributed by atoms with van der Waals surface area (Å²) in [5, 5.41) is 0. The fraction of sp³-hybridized carbons (Fsp3) is 0.222. The minimum Gasteiger partial charge on any atom is -0.265 e. The van der Waals surface area contributed by atoms with E-state index in [1.807, 2.05) is 56.3 Å². The molecule has 3 nitrogen and oxygen atoms in total. The number of benzene rings is 2. The molecule has 1 aliphatic heterocycles. The summed E-state index contributed by atoms with van der Waals surface area (Å²) < 4.78 is 27.5. The molecule has 0 aliphatic carbocycles. The van der Waals surface area contributed by atoms with Gasteiger partial charge in [0.1, 0.15) is 0 Å². The zero-order valence-electron chi connectivity index (χ0n) is 12.8. The van der Waals surface area contributed by atoms with Crippen LogP contribution in [0.1, 0.15) is 18.1 Å². The molecule has 0 fully saturated rings. The summed E-state index contributed by atoms with van der Waals surface area (Å²) in [6.45, 7) is 8.23. The Balaban J connectivity index is 2.13. The van der Waals surface area contributed by atoms with Gasteiger partial charge in [0.25, 0.3) is 10.0 Å². The predicted octanol–water partition coefficient (Wildman–Crippen LogP) is 3.65. The van der Waals surface area contributed by atoms with Crippen LogP contribution in [-0.4, -0.2) is 15.0 Å². The van der Waals surface area contributed by atoms with E-state index >= 15 is 0 Å². The van der Waals surface area contributed by atoms with Crippen LogP contribution >= 0.6 is 0 Å². The molecule has 0 amide bonds. The van der Waals surface area contributed by atoms with Crippen LogP contribution in [0.4, 0.5) is 5.69 Å². The first-order valence-electron chi connectivity index (χ1n) is 7.21. The van der Waals surface area contributed by atoms with Crippen molar-refractivity contribution in [3.8, 4) is 0 Å². The molecule has 0 spiro atoms. The van der Waals surface area contributed by atoms with Crippen molar-refractivity contribution < 1.29 is 8.42 Å². The lowest BCUT2D eigenvalue weighted by atomic mass is 9.85. The molecule has 0 saturated carbocycles. The molecule has 1 aliphatic rings. The van der Waals surface area contributed by atoms with Gasteiger partial charge in [0.15, 0.2) is 0 Å². The van der Waals surface area contributed by atoms with Crippen molar-refractivity contribution >= 4 is 15.7 Å². The molecule has 1 heterocycles. The lowest BCUT2D eigenvalue weighted by molar-refractivity contribution is 0.581. The van der Waals surface area contributed by atoms with Crippen molar-refractivity contribution in [1.82, 2.24) is 0 Å². The Morgan fingerprint density at radius 3 is 2.41 bits per heavy atom. The molecule has 4 heteroatoms. The van der Waals surface area contributed by atoms with Gasteiger partial charge < -0.3 is 0 Å². The van der Waals surface area contributed by atoms with Gasteiger partial charge in [-0.05, 0) is 30.7 Å². The van der Waals surface area contributed by atoms with Crippen LogP contribution in [0.15, 0.2) is 66.1 Å². The topological polar surface area (TPSA) is 37.4 Å². The summed E-state index contributed by atoms with van der Waals surface area (Å²) in [5.41, 5.74) is 2.41. The zero-order chi connectivity index (χ0) is 16.0. The fourth-order valence-electron chi connectivity index (χ4n) is 2.87. The second kappa shape index (κ2) is 4.99. The van der Waals surface area contributed by atoms with Crippen molar-refractivity contribution in [1.29, 1.82) is 0 Å². The largest absolute Gasteiger partial charge is 0.265 e. The number of hydrogen-bond acceptors (Lipinski definition) is 2. The standard InChI is InChI=1S/C18H19NO2S/c1-4-18(3)13-19(17-8-6-5-7-16(17)18)22(20,21)15-11-9-14(2)10-12-15/h4-12H,1,13H2,2-3H3. The van der Waals surface area contributed by atoms with Crippen molar-refractivity contribution in [2.45, 2.75) is 24.2 Å². The maximum absolute atomic E-state index is 13.0. The maximum atomic E-state index is 13.0. The molecule has 114 valence electrons. The van der Waals surface area contributed by atoms with E-state index in [1.165, 1.54) is 4.31 Å². The van der Waals surface area contributed by atoms with Gasteiger partial charge in [-0.25, -0.2) is 8.42 Å². The first-order valence-corrected chi connectivity index (χ1v) is 8.65. The second-order valence-corrected chi connectivity index (χ2v) is 7.83. The quantitative estimate of drug-likeness (QED) is 0.811. The molecular formula is C18H19NO2S. The third kappa shape index (κ3) is 2.15. The molecular weight excluding hydrogens is 294 g/mol. The van der Waals surface area contributed by atoms with E-state index in [-0.39, 0.29) is 5.41 Å². The van der Waals surface area contributed by atoms with Crippen molar-refractivity contribution in [2.24, 2.45) is 0 Å². The highest BCUT2D eigenvalue weighted by molar-refractivity contribution is 7.92. The van der Waals surface area contributed by atoms with Crippen LogP contribution in [0, 0.1) is 6.92 Å². The van der Waals surface area contributed by atoms with Gasteiger partial charge in [0.05, 0.1) is 10.6 Å². The van der Waals surface area contributed by atoms with Gasteiger partial charge in [-0.3, -0.25) is 4.31 Å². The smallest absolute Gasteiger partial charge is 0.264 e. The Bertz CT molecular complexity index is 824. The van der Waals surface area contributed by atoms with E-state index < -0.39 is 10.0 Å². The number of para-hydroxylation sites is 1. The molecule has 22 heavy (non-hydrogen) atoms. The van der Waals surface area contributed by atoms with Gasteiger partial charge in [-0.2, -0.15) is 0 Å². The first kappa shape index (κ1) is 14.9. The van der Waals surface area contributed by atoms with Crippen LogP contribution in [0.2, 0.25) is 0 Å². The molecule has 0 saturated heterocycles. The van der Waals surface area contributed by atoms with Crippen LogP contribution in [0.3, 0.4) is 0 Å². The Labute approximate surface area is 132 Å².